The molecule has 136 valence electrons. The van der Waals surface area contributed by atoms with E-state index < -0.39 is 0 Å². The lowest BCUT2D eigenvalue weighted by atomic mass is 10.0. The van der Waals surface area contributed by atoms with E-state index in [0.717, 1.165) is 17.7 Å². The smallest absolute Gasteiger partial charge is 0.323 e. The molecular formula is C19H28N4O2. The van der Waals surface area contributed by atoms with Crippen molar-refractivity contribution >= 4 is 11.8 Å². The average Bonchev–Trinajstić information content (AvgIpc) is 2.95. The number of carbonyl (C=O) groups excluding carboxylic acids is 1. The first-order chi connectivity index (χ1) is 12.0. The lowest BCUT2D eigenvalue weighted by Gasteiger charge is -2.33. The topological polar surface area (TPSA) is 70.4 Å². The van der Waals surface area contributed by atoms with Gasteiger partial charge in [0.2, 0.25) is 0 Å². The number of nitrogens with zero attached hydrogens (tertiary/aromatic N) is 3. The molecule has 0 radical (unpaired) electrons. The molecule has 0 aliphatic rings. The summed E-state index contributed by atoms with van der Waals surface area (Å²) in [4.78, 5) is 14.6. The van der Waals surface area contributed by atoms with Gasteiger partial charge in [0.05, 0.1) is 18.3 Å². The molecule has 1 heterocycles. The normalized spacial score (nSPS) is 12.2. The third kappa shape index (κ3) is 4.82. The quantitative estimate of drug-likeness (QED) is 0.811. The van der Waals surface area contributed by atoms with Crippen LogP contribution in [0.15, 0.2) is 36.4 Å². The molecule has 2 aromatic rings. The molecule has 0 bridgehead atoms. The maximum atomic E-state index is 12.9. The second-order valence-corrected chi connectivity index (χ2v) is 6.54. The summed E-state index contributed by atoms with van der Waals surface area (Å²) < 4.78 is 1.67. The van der Waals surface area contributed by atoms with Crippen molar-refractivity contribution < 1.29 is 9.90 Å². The number of benzene rings is 1. The molecule has 2 amide bonds. The molecule has 1 aromatic carbocycles. The van der Waals surface area contributed by atoms with Crippen molar-refractivity contribution in [2.45, 2.75) is 39.8 Å². The summed E-state index contributed by atoms with van der Waals surface area (Å²) in [5.74, 6) is 0.789. The Bertz CT molecular complexity index is 682. The van der Waals surface area contributed by atoms with Crippen molar-refractivity contribution in [1.82, 2.24) is 14.7 Å². The fourth-order valence-corrected chi connectivity index (χ4v) is 2.79. The van der Waals surface area contributed by atoms with Gasteiger partial charge in [0.25, 0.3) is 0 Å². The van der Waals surface area contributed by atoms with E-state index in [-0.39, 0.29) is 24.6 Å². The number of aliphatic hydroxyl groups is 1. The lowest BCUT2D eigenvalue weighted by Crippen LogP contribution is -2.47. The van der Waals surface area contributed by atoms with Gasteiger partial charge in [-0.05, 0) is 17.9 Å². The van der Waals surface area contributed by atoms with Gasteiger partial charge < -0.3 is 10.0 Å². The summed E-state index contributed by atoms with van der Waals surface area (Å²) in [5, 5.41) is 17.1. The van der Waals surface area contributed by atoms with Crippen molar-refractivity contribution in [1.29, 1.82) is 0 Å². The Balaban J connectivity index is 2.23. The lowest BCUT2D eigenvalue weighted by molar-refractivity contribution is 0.110. The number of urea groups is 1. The van der Waals surface area contributed by atoms with Crippen LogP contribution in [0, 0.1) is 5.92 Å². The highest BCUT2D eigenvalue weighted by atomic mass is 16.3. The Labute approximate surface area is 149 Å². The number of hydrogen-bond donors (Lipinski definition) is 2. The zero-order chi connectivity index (χ0) is 18.4. The summed E-state index contributed by atoms with van der Waals surface area (Å²) >= 11 is 0. The first-order valence-corrected chi connectivity index (χ1v) is 8.71. The molecule has 6 nitrogen and oxygen atoms in total. The molecule has 1 unspecified atom stereocenters. The zero-order valence-corrected chi connectivity index (χ0v) is 15.4. The number of amides is 2. The Morgan fingerprint density at radius 3 is 2.52 bits per heavy atom. The van der Waals surface area contributed by atoms with Crippen LogP contribution in [-0.2, 0) is 20.0 Å². The van der Waals surface area contributed by atoms with E-state index in [0.29, 0.717) is 12.4 Å². The molecule has 0 saturated heterocycles. The molecule has 6 heteroatoms. The van der Waals surface area contributed by atoms with Crippen LogP contribution in [-0.4, -0.2) is 38.5 Å². The second-order valence-electron chi connectivity index (χ2n) is 6.54. The summed E-state index contributed by atoms with van der Waals surface area (Å²) in [6.07, 6.45) is 0.808. The largest absolute Gasteiger partial charge is 0.394 e. The predicted octanol–water partition coefficient (Wildman–Crippen LogP) is 3.03. The second kappa shape index (κ2) is 8.67. The SMILES string of the molecule is CCc1cc(NC(=O)N(Cc2ccccc2)C(CO)C(C)C)n(C)n1. The molecule has 2 N–H and O–H groups in total. The van der Waals surface area contributed by atoms with Gasteiger partial charge in [0.15, 0.2) is 0 Å². The highest BCUT2D eigenvalue weighted by Gasteiger charge is 2.26. The first kappa shape index (κ1) is 19.0. The van der Waals surface area contributed by atoms with Crippen molar-refractivity contribution in [3.8, 4) is 0 Å². The number of nitrogens with one attached hydrogen (secondary N) is 1. The van der Waals surface area contributed by atoms with E-state index in [4.69, 9.17) is 0 Å². The summed E-state index contributed by atoms with van der Waals surface area (Å²) in [6, 6.07) is 11.2. The molecule has 1 atom stereocenters. The number of hydrogen-bond acceptors (Lipinski definition) is 3. The summed E-state index contributed by atoms with van der Waals surface area (Å²) in [5.41, 5.74) is 1.95. The minimum absolute atomic E-state index is 0.0798. The van der Waals surface area contributed by atoms with Gasteiger partial charge in [-0.15, -0.1) is 0 Å². The third-order valence-electron chi connectivity index (χ3n) is 4.34. The van der Waals surface area contributed by atoms with Gasteiger partial charge in [-0.25, -0.2) is 4.79 Å². The fraction of sp³-hybridized carbons (Fsp3) is 0.474. The third-order valence-corrected chi connectivity index (χ3v) is 4.34. The minimum atomic E-state index is -0.265. The van der Waals surface area contributed by atoms with E-state index in [2.05, 4.69) is 10.4 Å². The van der Waals surface area contributed by atoms with Crippen molar-refractivity contribution in [3.63, 3.8) is 0 Å². The first-order valence-electron chi connectivity index (χ1n) is 8.71. The van der Waals surface area contributed by atoms with Gasteiger partial charge in [0, 0.05) is 19.7 Å². The van der Waals surface area contributed by atoms with E-state index in [9.17, 15) is 9.90 Å². The predicted molar refractivity (Wildman–Crippen MR) is 99.3 cm³/mol. The molecule has 0 spiro atoms. The van der Waals surface area contributed by atoms with Crippen LogP contribution in [0.4, 0.5) is 10.6 Å². The van der Waals surface area contributed by atoms with Gasteiger partial charge in [0.1, 0.15) is 5.82 Å². The van der Waals surface area contributed by atoms with Crippen molar-refractivity contribution in [3.05, 3.63) is 47.7 Å². The van der Waals surface area contributed by atoms with E-state index in [1.54, 1.807) is 9.58 Å². The fourth-order valence-electron chi connectivity index (χ4n) is 2.79. The van der Waals surface area contributed by atoms with E-state index in [1.807, 2.05) is 64.2 Å². The minimum Gasteiger partial charge on any atom is -0.394 e. The number of anilines is 1. The Morgan fingerprint density at radius 1 is 1.32 bits per heavy atom. The molecule has 0 saturated carbocycles. The Morgan fingerprint density at radius 2 is 2.00 bits per heavy atom. The van der Waals surface area contributed by atoms with Crippen LogP contribution in [0.5, 0.6) is 0 Å². The van der Waals surface area contributed by atoms with Gasteiger partial charge in [-0.3, -0.25) is 10.00 Å². The van der Waals surface area contributed by atoms with E-state index >= 15 is 0 Å². The number of aliphatic hydroxyl groups excluding tert-OH is 1. The summed E-state index contributed by atoms with van der Waals surface area (Å²) in [6.45, 7) is 6.39. The van der Waals surface area contributed by atoms with Crippen LogP contribution < -0.4 is 5.32 Å². The molecular weight excluding hydrogens is 316 g/mol. The highest BCUT2D eigenvalue weighted by Crippen LogP contribution is 2.18. The standard InChI is InChI=1S/C19H28N4O2/c1-5-16-11-18(22(4)21-16)20-19(25)23(17(13-24)14(2)3)12-15-9-7-6-8-10-15/h6-11,14,17,24H,5,12-13H2,1-4H3,(H,20,25). The van der Waals surface area contributed by atoms with E-state index in [1.165, 1.54) is 0 Å². The summed E-state index contributed by atoms with van der Waals surface area (Å²) in [7, 11) is 1.81. The Kier molecular flexibility index (Phi) is 6.58. The number of carbonyl (C=O) groups is 1. The van der Waals surface area contributed by atoms with Crippen LogP contribution >= 0.6 is 0 Å². The number of rotatable bonds is 7. The zero-order valence-electron chi connectivity index (χ0n) is 15.4. The number of aryl methyl sites for hydroxylation is 2. The van der Waals surface area contributed by atoms with Crippen LogP contribution in [0.2, 0.25) is 0 Å². The number of aromatic nitrogens is 2. The maximum absolute atomic E-state index is 12.9. The molecule has 1 aromatic heterocycles. The van der Waals surface area contributed by atoms with Gasteiger partial charge in [-0.2, -0.15) is 5.10 Å². The molecule has 25 heavy (non-hydrogen) atoms. The average molecular weight is 344 g/mol. The monoisotopic (exact) mass is 344 g/mol. The van der Waals surface area contributed by atoms with Crippen molar-refractivity contribution in [2.24, 2.45) is 13.0 Å². The highest BCUT2D eigenvalue weighted by molar-refractivity contribution is 5.88. The molecule has 0 aliphatic heterocycles. The molecule has 2 rings (SSSR count). The maximum Gasteiger partial charge on any atom is 0.323 e. The molecule has 0 aliphatic carbocycles. The Hall–Kier alpha value is -2.34. The van der Waals surface area contributed by atoms with Crippen LogP contribution in [0.3, 0.4) is 0 Å². The van der Waals surface area contributed by atoms with Crippen molar-refractivity contribution in [2.75, 3.05) is 11.9 Å². The van der Waals surface area contributed by atoms with Crippen LogP contribution in [0.1, 0.15) is 32.0 Å². The van der Waals surface area contributed by atoms with Crippen LogP contribution in [0.25, 0.3) is 0 Å². The van der Waals surface area contributed by atoms with Gasteiger partial charge >= 0.3 is 6.03 Å². The van der Waals surface area contributed by atoms with Gasteiger partial charge in [-0.1, -0.05) is 51.1 Å². The molecule has 0 fully saturated rings.